The number of benzene rings is 3. The molecule has 0 aromatic heterocycles. The van der Waals surface area contributed by atoms with Gasteiger partial charge in [-0.05, 0) is 62.6 Å². The quantitative estimate of drug-likeness (QED) is 0.405. The average Bonchev–Trinajstić information content (AvgIpc) is 2.73. The first-order chi connectivity index (χ1) is 15.1. The lowest BCUT2D eigenvalue weighted by molar-refractivity contribution is -0.121. The molecule has 3 nitrogen and oxygen atoms in total. The highest BCUT2D eigenvalue weighted by Gasteiger charge is 2.47. The van der Waals surface area contributed by atoms with Crippen LogP contribution in [0.4, 0.5) is 5.69 Å². The maximum absolute atomic E-state index is 13.5. The molecule has 0 radical (unpaired) electrons. The van der Waals surface area contributed by atoms with Gasteiger partial charge in [-0.15, -0.1) is 0 Å². The SMILES string of the molecule is Cc1ccc([C@]2(C)CC(C)(C)N(C(=O)COc3ccc(Cl)cc3Cl)c3ccccc32)cc1. The van der Waals surface area contributed by atoms with Crippen molar-refractivity contribution in [2.75, 3.05) is 11.5 Å². The van der Waals surface area contributed by atoms with Crippen LogP contribution in [0.25, 0.3) is 0 Å². The van der Waals surface area contributed by atoms with Gasteiger partial charge in [0.15, 0.2) is 6.61 Å². The van der Waals surface area contributed by atoms with Gasteiger partial charge in [0, 0.05) is 21.7 Å². The number of amides is 1. The topological polar surface area (TPSA) is 29.5 Å². The maximum atomic E-state index is 13.5. The number of anilines is 1. The molecule has 3 aromatic rings. The Morgan fingerprint density at radius 1 is 1.00 bits per heavy atom. The molecule has 1 heterocycles. The second-order valence-electron chi connectivity index (χ2n) is 9.30. The number of nitrogens with zero attached hydrogens (tertiary/aromatic N) is 1. The molecule has 0 fully saturated rings. The van der Waals surface area contributed by atoms with Crippen LogP contribution >= 0.6 is 23.2 Å². The Balaban J connectivity index is 1.69. The van der Waals surface area contributed by atoms with Crippen LogP contribution in [-0.4, -0.2) is 18.1 Å². The van der Waals surface area contributed by atoms with Gasteiger partial charge in [0.25, 0.3) is 5.91 Å². The van der Waals surface area contributed by atoms with Gasteiger partial charge >= 0.3 is 0 Å². The third kappa shape index (κ3) is 4.12. The Kier molecular flexibility index (Phi) is 6.00. The van der Waals surface area contributed by atoms with Crippen LogP contribution in [-0.2, 0) is 10.2 Å². The predicted molar refractivity (Wildman–Crippen MR) is 132 cm³/mol. The van der Waals surface area contributed by atoms with Crippen LogP contribution in [0.5, 0.6) is 5.75 Å². The molecule has 4 rings (SSSR count). The predicted octanol–water partition coefficient (Wildman–Crippen LogP) is 7.20. The number of hydrogen-bond donors (Lipinski definition) is 0. The lowest BCUT2D eigenvalue weighted by Crippen LogP contribution is -2.57. The van der Waals surface area contributed by atoms with Crippen molar-refractivity contribution < 1.29 is 9.53 Å². The van der Waals surface area contributed by atoms with E-state index in [2.05, 4.69) is 58.0 Å². The molecule has 1 amide bonds. The van der Waals surface area contributed by atoms with E-state index >= 15 is 0 Å². The third-order valence-electron chi connectivity index (χ3n) is 6.31. The minimum absolute atomic E-state index is 0.111. The minimum atomic E-state index is -0.418. The van der Waals surface area contributed by atoms with Crippen molar-refractivity contribution in [3.8, 4) is 5.75 Å². The van der Waals surface area contributed by atoms with E-state index in [4.69, 9.17) is 27.9 Å². The van der Waals surface area contributed by atoms with E-state index in [1.807, 2.05) is 23.1 Å². The summed E-state index contributed by atoms with van der Waals surface area (Å²) in [5.74, 6) is 0.330. The highest BCUT2D eigenvalue weighted by Crippen LogP contribution is 2.50. The first-order valence-corrected chi connectivity index (χ1v) is 11.4. The molecule has 0 saturated heterocycles. The van der Waals surface area contributed by atoms with E-state index in [0.717, 1.165) is 17.7 Å². The normalized spacial score (nSPS) is 19.4. The van der Waals surface area contributed by atoms with Crippen molar-refractivity contribution >= 4 is 34.8 Å². The molecule has 0 aliphatic carbocycles. The first kappa shape index (κ1) is 22.7. The van der Waals surface area contributed by atoms with Crippen LogP contribution < -0.4 is 9.64 Å². The molecule has 0 bridgehead atoms. The molecule has 32 heavy (non-hydrogen) atoms. The summed E-state index contributed by atoms with van der Waals surface area (Å²) < 4.78 is 5.78. The number of para-hydroxylation sites is 1. The monoisotopic (exact) mass is 467 g/mol. The van der Waals surface area contributed by atoms with Gasteiger partial charge in [0.2, 0.25) is 0 Å². The fourth-order valence-corrected chi connectivity index (χ4v) is 5.41. The molecule has 0 spiro atoms. The Morgan fingerprint density at radius 2 is 1.69 bits per heavy atom. The Morgan fingerprint density at radius 3 is 2.38 bits per heavy atom. The molecule has 5 heteroatoms. The standard InChI is InChI=1S/C27H27Cl2NO2/c1-18-9-11-19(12-10-18)27(4)17-26(2,3)30(23-8-6-5-7-21(23)27)25(31)16-32-24-14-13-20(28)15-22(24)29/h5-15H,16-17H2,1-4H3/t27-/m0/s1. The summed E-state index contributed by atoms with van der Waals surface area (Å²) in [6, 6.07) is 21.9. The van der Waals surface area contributed by atoms with Crippen molar-refractivity contribution in [1.29, 1.82) is 0 Å². The van der Waals surface area contributed by atoms with Crippen LogP contribution in [0.2, 0.25) is 10.0 Å². The van der Waals surface area contributed by atoms with Gasteiger partial charge in [-0.2, -0.15) is 0 Å². The fraction of sp³-hybridized carbons (Fsp3) is 0.296. The molecule has 0 unspecified atom stereocenters. The van der Waals surface area contributed by atoms with Gasteiger partial charge in [-0.25, -0.2) is 0 Å². The highest BCUT2D eigenvalue weighted by atomic mass is 35.5. The lowest BCUT2D eigenvalue weighted by Gasteiger charge is -2.51. The lowest BCUT2D eigenvalue weighted by atomic mass is 9.65. The molecular weight excluding hydrogens is 441 g/mol. The van der Waals surface area contributed by atoms with E-state index in [-0.39, 0.29) is 17.9 Å². The number of aryl methyl sites for hydroxylation is 1. The second kappa shape index (κ2) is 8.46. The molecule has 1 aliphatic heterocycles. The summed E-state index contributed by atoms with van der Waals surface area (Å²) in [5.41, 5.74) is 3.91. The van der Waals surface area contributed by atoms with Crippen LogP contribution in [0.3, 0.4) is 0 Å². The zero-order valence-corrected chi connectivity index (χ0v) is 20.3. The van der Waals surface area contributed by atoms with Crippen LogP contribution in [0.15, 0.2) is 66.7 Å². The number of halogens is 2. The van der Waals surface area contributed by atoms with Gasteiger partial charge in [0.05, 0.1) is 5.02 Å². The largest absolute Gasteiger partial charge is 0.482 e. The molecule has 1 aliphatic rings. The Hall–Kier alpha value is -2.49. The summed E-state index contributed by atoms with van der Waals surface area (Å²) in [6.07, 6.45) is 0.785. The molecule has 166 valence electrons. The summed E-state index contributed by atoms with van der Waals surface area (Å²) >= 11 is 12.2. The summed E-state index contributed by atoms with van der Waals surface area (Å²) in [7, 11) is 0. The van der Waals surface area contributed by atoms with Gasteiger partial charge in [-0.1, -0.05) is 78.2 Å². The minimum Gasteiger partial charge on any atom is -0.482 e. The highest BCUT2D eigenvalue weighted by molar-refractivity contribution is 6.35. The molecule has 3 aromatic carbocycles. The fourth-order valence-electron chi connectivity index (χ4n) is 4.95. The number of carbonyl (C=O) groups excluding carboxylic acids is 1. The Bertz CT molecular complexity index is 1160. The number of fused-ring (bicyclic) bond motifs is 1. The van der Waals surface area contributed by atoms with E-state index in [0.29, 0.717) is 15.8 Å². The second-order valence-corrected chi connectivity index (χ2v) is 10.1. The summed E-state index contributed by atoms with van der Waals surface area (Å²) in [6.45, 7) is 8.48. The van der Waals surface area contributed by atoms with Gasteiger partial charge in [0.1, 0.15) is 5.75 Å². The molecule has 1 atom stereocenters. The van der Waals surface area contributed by atoms with Gasteiger partial charge < -0.3 is 9.64 Å². The van der Waals surface area contributed by atoms with E-state index in [1.165, 1.54) is 11.1 Å². The number of carbonyl (C=O) groups is 1. The number of rotatable bonds is 4. The third-order valence-corrected chi connectivity index (χ3v) is 6.84. The van der Waals surface area contributed by atoms with Crippen LogP contribution in [0.1, 0.15) is 43.9 Å². The first-order valence-electron chi connectivity index (χ1n) is 10.7. The van der Waals surface area contributed by atoms with Crippen molar-refractivity contribution in [3.05, 3.63) is 93.5 Å². The Labute approximate surface area is 199 Å². The molecule has 0 N–H and O–H groups in total. The summed E-state index contributed by atoms with van der Waals surface area (Å²) in [4.78, 5) is 15.3. The summed E-state index contributed by atoms with van der Waals surface area (Å²) in [5, 5.41) is 0.908. The van der Waals surface area contributed by atoms with Crippen molar-refractivity contribution in [3.63, 3.8) is 0 Å². The number of ether oxygens (including phenoxy) is 1. The average molecular weight is 468 g/mol. The zero-order valence-electron chi connectivity index (χ0n) is 18.8. The van der Waals surface area contributed by atoms with Crippen molar-refractivity contribution in [1.82, 2.24) is 0 Å². The van der Waals surface area contributed by atoms with E-state index < -0.39 is 5.54 Å². The zero-order chi connectivity index (χ0) is 23.1. The molecule has 0 saturated carbocycles. The van der Waals surface area contributed by atoms with Gasteiger partial charge in [-0.3, -0.25) is 4.79 Å². The smallest absolute Gasteiger partial charge is 0.265 e. The molecular formula is C27H27Cl2NO2. The van der Waals surface area contributed by atoms with Crippen LogP contribution in [0, 0.1) is 6.92 Å². The van der Waals surface area contributed by atoms with E-state index in [9.17, 15) is 4.79 Å². The van der Waals surface area contributed by atoms with Crippen molar-refractivity contribution in [2.24, 2.45) is 0 Å². The number of hydrogen-bond acceptors (Lipinski definition) is 2. The van der Waals surface area contributed by atoms with Crippen molar-refractivity contribution in [2.45, 2.75) is 45.1 Å². The maximum Gasteiger partial charge on any atom is 0.265 e. The van der Waals surface area contributed by atoms with E-state index in [1.54, 1.807) is 18.2 Å².